The maximum atomic E-state index is 12.5. The van der Waals surface area contributed by atoms with Crippen molar-refractivity contribution in [1.82, 2.24) is 15.3 Å². The van der Waals surface area contributed by atoms with Gasteiger partial charge in [-0.1, -0.05) is 23.7 Å². The van der Waals surface area contributed by atoms with Crippen molar-refractivity contribution in [3.63, 3.8) is 0 Å². The van der Waals surface area contributed by atoms with Crippen molar-refractivity contribution in [3.8, 4) is 0 Å². The Morgan fingerprint density at radius 2 is 2.10 bits per heavy atom. The molecule has 1 atom stereocenters. The van der Waals surface area contributed by atoms with Crippen LogP contribution in [0, 0.1) is 6.92 Å². The first kappa shape index (κ1) is 21.0. The number of nitrogens with one attached hydrogen (secondary N) is 1. The molecule has 2 amide bonds. The maximum Gasteiger partial charge on any atom is 0.410 e. The van der Waals surface area contributed by atoms with Gasteiger partial charge in [0.05, 0.1) is 11.7 Å². The molecule has 0 unspecified atom stereocenters. The predicted octanol–water partition coefficient (Wildman–Crippen LogP) is 4.05. The molecule has 154 valence electrons. The Morgan fingerprint density at radius 1 is 1.34 bits per heavy atom. The summed E-state index contributed by atoms with van der Waals surface area (Å²) in [6.45, 7) is 7.86. The summed E-state index contributed by atoms with van der Waals surface area (Å²) >= 11 is 6.24. The molecule has 0 radical (unpaired) electrons. The summed E-state index contributed by atoms with van der Waals surface area (Å²) in [6, 6.07) is 7.17. The van der Waals surface area contributed by atoms with Crippen LogP contribution in [-0.2, 0) is 9.53 Å². The average molecular weight is 417 g/mol. The molecule has 0 bridgehead atoms. The van der Waals surface area contributed by atoms with E-state index in [4.69, 9.17) is 16.3 Å². The van der Waals surface area contributed by atoms with Gasteiger partial charge in [-0.15, -0.1) is 0 Å². The zero-order valence-corrected chi connectivity index (χ0v) is 17.8. The Labute approximate surface area is 175 Å². The third-order valence-corrected chi connectivity index (χ3v) is 4.82. The van der Waals surface area contributed by atoms with E-state index in [2.05, 4.69) is 15.5 Å². The number of carbonyl (C=O) groups excluding carboxylic acids is 2. The number of aromatic nitrogens is 1. The highest BCUT2D eigenvalue weighted by atomic mass is 35.5. The third-order valence-electron chi connectivity index (χ3n) is 4.52. The fraction of sp³-hybridized carbons (Fsp3) is 0.429. The number of fused-ring (bicyclic) bond motifs is 1. The Bertz CT molecular complexity index is 968. The number of rotatable bonds is 3. The number of aryl methyl sites for hydroxylation is 1. The molecule has 1 aromatic carbocycles. The zero-order chi connectivity index (χ0) is 21.2. The van der Waals surface area contributed by atoms with Crippen LogP contribution in [0.25, 0.3) is 10.9 Å². The topological polar surface area (TPSA) is 83.9 Å². The number of halogens is 1. The quantitative estimate of drug-likeness (QED) is 0.464. The van der Waals surface area contributed by atoms with E-state index in [-0.39, 0.29) is 5.91 Å². The molecule has 0 spiro atoms. The van der Waals surface area contributed by atoms with Crippen molar-refractivity contribution in [1.29, 1.82) is 0 Å². The van der Waals surface area contributed by atoms with Gasteiger partial charge in [0.1, 0.15) is 16.8 Å². The average Bonchev–Trinajstić information content (AvgIpc) is 3.11. The van der Waals surface area contributed by atoms with Crippen molar-refractivity contribution in [3.05, 3.63) is 40.5 Å². The number of hydrogen-bond donors (Lipinski definition) is 1. The van der Waals surface area contributed by atoms with Gasteiger partial charge in [0.25, 0.3) is 5.91 Å². The lowest BCUT2D eigenvalue weighted by atomic mass is 10.1. The SMILES string of the molecule is Cc1ccc2cc(/C=N/NC(=O)[C@@H]3CCCN3C(=O)OC(C)(C)C)c(Cl)nc2c1. The van der Waals surface area contributed by atoms with E-state index in [0.717, 1.165) is 22.9 Å². The fourth-order valence-electron chi connectivity index (χ4n) is 3.18. The Morgan fingerprint density at radius 3 is 2.83 bits per heavy atom. The standard InChI is InChI=1S/C21H25ClN4O3/c1-13-7-8-14-11-15(18(22)24-16(14)10-13)12-23-25-19(27)17-6-5-9-26(17)20(28)29-21(2,3)4/h7-8,10-12,17H,5-6,9H2,1-4H3,(H,25,27)/b23-12+/t17-/m0/s1. The molecule has 0 saturated carbocycles. The van der Waals surface area contributed by atoms with Crippen LogP contribution in [0.15, 0.2) is 29.4 Å². The number of pyridine rings is 1. The molecule has 2 heterocycles. The number of benzene rings is 1. The van der Waals surface area contributed by atoms with Gasteiger partial charge in [0.15, 0.2) is 0 Å². The van der Waals surface area contributed by atoms with Crippen LogP contribution in [0.5, 0.6) is 0 Å². The van der Waals surface area contributed by atoms with Gasteiger partial charge in [-0.3, -0.25) is 9.69 Å². The van der Waals surface area contributed by atoms with E-state index in [1.165, 1.54) is 11.1 Å². The molecule has 1 fully saturated rings. The third kappa shape index (κ3) is 5.23. The zero-order valence-electron chi connectivity index (χ0n) is 17.0. The van der Waals surface area contributed by atoms with Crippen LogP contribution in [-0.4, -0.2) is 46.3 Å². The molecule has 8 heteroatoms. The normalized spacial score (nSPS) is 17.1. The number of nitrogens with zero attached hydrogens (tertiary/aromatic N) is 3. The van der Waals surface area contributed by atoms with Gasteiger partial charge in [-0.2, -0.15) is 5.10 Å². The van der Waals surface area contributed by atoms with Crippen molar-refractivity contribution in [2.45, 2.75) is 52.2 Å². The first-order valence-electron chi connectivity index (χ1n) is 9.53. The first-order chi connectivity index (χ1) is 13.6. The van der Waals surface area contributed by atoms with E-state index in [9.17, 15) is 9.59 Å². The molecule has 0 aliphatic carbocycles. The van der Waals surface area contributed by atoms with Crippen LogP contribution in [0.2, 0.25) is 5.15 Å². The molecule has 1 aliphatic rings. The Kier molecular flexibility index (Phi) is 6.07. The molecule has 1 N–H and O–H groups in total. The minimum Gasteiger partial charge on any atom is -0.444 e. The van der Waals surface area contributed by atoms with Gasteiger partial charge in [0.2, 0.25) is 0 Å². The second-order valence-electron chi connectivity index (χ2n) is 8.13. The van der Waals surface area contributed by atoms with Crippen LogP contribution in [0.3, 0.4) is 0 Å². The highest BCUT2D eigenvalue weighted by Gasteiger charge is 2.36. The smallest absolute Gasteiger partial charge is 0.410 e. The highest BCUT2D eigenvalue weighted by Crippen LogP contribution is 2.22. The number of hydrazone groups is 1. The molecule has 1 aromatic heterocycles. The Balaban J connectivity index is 1.67. The second kappa shape index (κ2) is 8.37. The minimum absolute atomic E-state index is 0.303. The van der Waals surface area contributed by atoms with Crippen molar-refractivity contribution < 1.29 is 14.3 Å². The number of amides is 2. The molecular formula is C21H25ClN4O3. The maximum absolute atomic E-state index is 12.5. The van der Waals surface area contributed by atoms with Crippen LogP contribution in [0.4, 0.5) is 4.79 Å². The van der Waals surface area contributed by atoms with Gasteiger partial charge in [0, 0.05) is 17.5 Å². The summed E-state index contributed by atoms with van der Waals surface area (Å²) in [7, 11) is 0. The van der Waals surface area contributed by atoms with Crippen molar-refractivity contribution in [2.75, 3.05) is 6.54 Å². The number of hydrogen-bond acceptors (Lipinski definition) is 5. The second-order valence-corrected chi connectivity index (χ2v) is 8.49. The van der Waals surface area contributed by atoms with E-state index in [1.807, 2.05) is 31.2 Å². The van der Waals surface area contributed by atoms with Gasteiger partial charge in [-0.05, 0) is 58.2 Å². The van der Waals surface area contributed by atoms with Crippen LogP contribution in [0.1, 0.15) is 44.7 Å². The molecular weight excluding hydrogens is 392 g/mol. The van der Waals surface area contributed by atoms with Crippen molar-refractivity contribution in [2.24, 2.45) is 5.10 Å². The molecule has 2 aromatic rings. The molecule has 1 saturated heterocycles. The monoisotopic (exact) mass is 416 g/mol. The van der Waals surface area contributed by atoms with Gasteiger partial charge < -0.3 is 4.74 Å². The lowest BCUT2D eigenvalue weighted by molar-refractivity contribution is -0.125. The lowest BCUT2D eigenvalue weighted by Gasteiger charge is -2.27. The van der Waals surface area contributed by atoms with Gasteiger partial charge >= 0.3 is 6.09 Å². The van der Waals surface area contributed by atoms with E-state index in [0.29, 0.717) is 23.7 Å². The highest BCUT2D eigenvalue weighted by molar-refractivity contribution is 6.32. The number of likely N-dealkylation sites (tertiary alicyclic amines) is 1. The number of carbonyl (C=O) groups is 2. The fourth-order valence-corrected chi connectivity index (χ4v) is 3.37. The van der Waals surface area contributed by atoms with Crippen LogP contribution < -0.4 is 5.43 Å². The van der Waals surface area contributed by atoms with Gasteiger partial charge in [-0.25, -0.2) is 15.2 Å². The van der Waals surface area contributed by atoms with Crippen LogP contribution >= 0.6 is 11.6 Å². The number of ether oxygens (including phenoxy) is 1. The molecule has 1 aliphatic heterocycles. The summed E-state index contributed by atoms with van der Waals surface area (Å²) in [4.78, 5) is 30.7. The first-order valence-corrected chi connectivity index (χ1v) is 9.91. The predicted molar refractivity (Wildman–Crippen MR) is 113 cm³/mol. The summed E-state index contributed by atoms with van der Waals surface area (Å²) in [6.07, 6.45) is 2.27. The molecule has 7 nitrogen and oxygen atoms in total. The minimum atomic E-state index is -0.614. The summed E-state index contributed by atoms with van der Waals surface area (Å²) in [5.74, 6) is -0.356. The summed E-state index contributed by atoms with van der Waals surface area (Å²) in [5.41, 5.74) is 4.38. The van der Waals surface area contributed by atoms with E-state index < -0.39 is 17.7 Å². The van der Waals surface area contributed by atoms with E-state index >= 15 is 0 Å². The van der Waals surface area contributed by atoms with E-state index in [1.54, 1.807) is 20.8 Å². The largest absolute Gasteiger partial charge is 0.444 e. The lowest BCUT2D eigenvalue weighted by Crippen LogP contribution is -2.46. The summed E-state index contributed by atoms with van der Waals surface area (Å²) in [5, 5.41) is 5.25. The molecule has 29 heavy (non-hydrogen) atoms. The summed E-state index contributed by atoms with van der Waals surface area (Å²) < 4.78 is 5.38. The van der Waals surface area contributed by atoms with Crippen molar-refractivity contribution >= 4 is 40.7 Å². The molecule has 3 rings (SSSR count). The Hall–Kier alpha value is -2.67.